The highest BCUT2D eigenvalue weighted by Crippen LogP contribution is 2.23. The van der Waals surface area contributed by atoms with Crippen molar-refractivity contribution in [2.45, 2.75) is 18.9 Å². The summed E-state index contributed by atoms with van der Waals surface area (Å²) in [5.41, 5.74) is 2.33. The predicted octanol–water partition coefficient (Wildman–Crippen LogP) is 2.76. The van der Waals surface area contributed by atoms with Gasteiger partial charge in [-0.05, 0) is 48.4 Å². The number of carbonyl (C=O) groups excluding carboxylic acids is 2. The van der Waals surface area contributed by atoms with E-state index in [1.807, 2.05) is 12.1 Å². The first-order chi connectivity index (χ1) is 14.6. The molecule has 2 amide bonds. The van der Waals surface area contributed by atoms with Gasteiger partial charge in [-0.2, -0.15) is 0 Å². The van der Waals surface area contributed by atoms with Crippen molar-refractivity contribution in [1.82, 2.24) is 10.2 Å². The molecular weight excluding hydrogens is 385 g/mol. The minimum atomic E-state index is -0.278. The minimum absolute atomic E-state index is 0.0556. The SMILES string of the molecule is O=C(NCC(c1ccc(F)cc1)N1CCOCC1)c1ccc(N2CCCC2=O)cc1. The summed E-state index contributed by atoms with van der Waals surface area (Å²) in [7, 11) is 0. The smallest absolute Gasteiger partial charge is 0.251 e. The van der Waals surface area contributed by atoms with Gasteiger partial charge in [0, 0.05) is 43.9 Å². The van der Waals surface area contributed by atoms with E-state index in [0.717, 1.165) is 37.3 Å². The molecule has 2 saturated heterocycles. The van der Waals surface area contributed by atoms with Crippen LogP contribution in [0.1, 0.15) is 34.8 Å². The van der Waals surface area contributed by atoms with Crippen LogP contribution < -0.4 is 10.2 Å². The van der Waals surface area contributed by atoms with Crippen LogP contribution in [-0.2, 0) is 9.53 Å². The molecule has 158 valence electrons. The quantitative estimate of drug-likeness (QED) is 0.794. The molecule has 30 heavy (non-hydrogen) atoms. The third-order valence-corrected chi connectivity index (χ3v) is 5.71. The highest BCUT2D eigenvalue weighted by molar-refractivity contribution is 5.97. The van der Waals surface area contributed by atoms with Crippen LogP contribution in [0.15, 0.2) is 48.5 Å². The number of nitrogens with one attached hydrogen (secondary N) is 1. The van der Waals surface area contributed by atoms with Gasteiger partial charge in [-0.1, -0.05) is 12.1 Å². The van der Waals surface area contributed by atoms with E-state index in [4.69, 9.17) is 4.74 Å². The van der Waals surface area contributed by atoms with E-state index in [1.54, 1.807) is 29.2 Å². The lowest BCUT2D eigenvalue weighted by Crippen LogP contribution is -2.43. The summed E-state index contributed by atoms with van der Waals surface area (Å²) in [5, 5.41) is 3.01. The molecule has 1 unspecified atom stereocenters. The molecule has 7 heteroatoms. The number of anilines is 1. The van der Waals surface area contributed by atoms with Crippen LogP contribution >= 0.6 is 0 Å². The monoisotopic (exact) mass is 411 g/mol. The molecule has 2 aliphatic rings. The molecule has 0 saturated carbocycles. The molecule has 2 aliphatic heterocycles. The number of halogens is 1. The molecule has 2 aromatic carbocycles. The van der Waals surface area contributed by atoms with E-state index in [9.17, 15) is 14.0 Å². The summed E-state index contributed by atoms with van der Waals surface area (Å²) in [6.45, 7) is 3.94. The molecule has 4 rings (SSSR count). The van der Waals surface area contributed by atoms with Gasteiger partial charge in [-0.15, -0.1) is 0 Å². The number of hydrogen-bond donors (Lipinski definition) is 1. The third-order valence-electron chi connectivity index (χ3n) is 5.71. The standard InChI is InChI=1S/C23H26FN3O3/c24-19-7-3-17(4-8-19)21(26-12-14-30-15-13-26)16-25-23(29)18-5-9-20(10-6-18)27-11-1-2-22(27)28/h3-10,21H,1-2,11-16H2,(H,25,29). The lowest BCUT2D eigenvalue weighted by atomic mass is 10.0. The molecule has 2 aromatic rings. The summed E-state index contributed by atoms with van der Waals surface area (Å²) in [5.74, 6) is -0.324. The summed E-state index contributed by atoms with van der Waals surface area (Å²) >= 11 is 0. The van der Waals surface area contributed by atoms with Crippen LogP contribution in [0, 0.1) is 5.82 Å². The Morgan fingerprint density at radius 2 is 1.73 bits per heavy atom. The molecule has 1 N–H and O–H groups in total. The Morgan fingerprint density at radius 3 is 2.37 bits per heavy atom. The summed E-state index contributed by atoms with van der Waals surface area (Å²) in [4.78, 5) is 28.6. The maximum Gasteiger partial charge on any atom is 0.251 e. The second-order valence-electron chi connectivity index (χ2n) is 7.62. The van der Waals surface area contributed by atoms with Crippen molar-refractivity contribution in [1.29, 1.82) is 0 Å². The van der Waals surface area contributed by atoms with E-state index in [2.05, 4.69) is 10.2 Å². The lowest BCUT2D eigenvalue weighted by Gasteiger charge is -2.35. The van der Waals surface area contributed by atoms with Crippen LogP contribution in [-0.4, -0.2) is 56.1 Å². The van der Waals surface area contributed by atoms with Crippen molar-refractivity contribution in [3.05, 3.63) is 65.5 Å². The Balaban J connectivity index is 1.42. The summed E-state index contributed by atoms with van der Waals surface area (Å²) in [6.07, 6.45) is 1.45. The fourth-order valence-electron chi connectivity index (χ4n) is 4.04. The topological polar surface area (TPSA) is 61.9 Å². The van der Waals surface area contributed by atoms with Gasteiger partial charge in [0.2, 0.25) is 5.91 Å². The molecule has 6 nitrogen and oxygen atoms in total. The van der Waals surface area contributed by atoms with E-state index in [0.29, 0.717) is 31.7 Å². The number of carbonyl (C=O) groups is 2. The minimum Gasteiger partial charge on any atom is -0.379 e. The van der Waals surface area contributed by atoms with Gasteiger partial charge < -0.3 is 15.0 Å². The molecule has 1 atom stereocenters. The second kappa shape index (κ2) is 9.36. The largest absolute Gasteiger partial charge is 0.379 e. The molecule has 0 bridgehead atoms. The zero-order valence-corrected chi connectivity index (χ0v) is 16.9. The van der Waals surface area contributed by atoms with Gasteiger partial charge in [-0.3, -0.25) is 14.5 Å². The van der Waals surface area contributed by atoms with Crippen LogP contribution in [0.5, 0.6) is 0 Å². The highest BCUT2D eigenvalue weighted by atomic mass is 19.1. The first-order valence-electron chi connectivity index (χ1n) is 10.4. The first kappa shape index (κ1) is 20.5. The Morgan fingerprint density at radius 1 is 1.03 bits per heavy atom. The van der Waals surface area contributed by atoms with Crippen LogP contribution in [0.25, 0.3) is 0 Å². The molecule has 2 fully saturated rings. The molecule has 0 spiro atoms. The fourth-order valence-corrected chi connectivity index (χ4v) is 4.04. The normalized spacial score (nSPS) is 18.4. The number of benzene rings is 2. The van der Waals surface area contributed by atoms with Crippen LogP contribution in [0.4, 0.5) is 10.1 Å². The highest BCUT2D eigenvalue weighted by Gasteiger charge is 2.24. The first-order valence-corrected chi connectivity index (χ1v) is 10.4. The average Bonchev–Trinajstić information content (AvgIpc) is 3.21. The van der Waals surface area contributed by atoms with E-state index < -0.39 is 0 Å². The Kier molecular flexibility index (Phi) is 6.40. The van der Waals surface area contributed by atoms with Crippen LogP contribution in [0.3, 0.4) is 0 Å². The Bertz CT molecular complexity index is 880. The zero-order valence-electron chi connectivity index (χ0n) is 16.9. The van der Waals surface area contributed by atoms with Gasteiger partial charge in [0.25, 0.3) is 5.91 Å². The van der Waals surface area contributed by atoms with Crippen molar-refractivity contribution >= 4 is 17.5 Å². The number of morpholine rings is 1. The summed E-state index contributed by atoms with van der Waals surface area (Å²) in [6, 6.07) is 13.5. The Hall–Kier alpha value is -2.77. The molecular formula is C23H26FN3O3. The zero-order chi connectivity index (χ0) is 20.9. The van der Waals surface area contributed by atoms with Gasteiger partial charge in [0.05, 0.1) is 19.3 Å². The molecule has 0 aliphatic carbocycles. The molecule has 0 aromatic heterocycles. The van der Waals surface area contributed by atoms with E-state index >= 15 is 0 Å². The van der Waals surface area contributed by atoms with Crippen LogP contribution in [0.2, 0.25) is 0 Å². The van der Waals surface area contributed by atoms with Gasteiger partial charge in [0.15, 0.2) is 0 Å². The van der Waals surface area contributed by atoms with Crippen molar-refractivity contribution in [3.63, 3.8) is 0 Å². The second-order valence-corrected chi connectivity index (χ2v) is 7.62. The van der Waals surface area contributed by atoms with Gasteiger partial charge >= 0.3 is 0 Å². The molecule has 0 radical (unpaired) electrons. The van der Waals surface area contributed by atoms with Crippen molar-refractivity contribution in [3.8, 4) is 0 Å². The third kappa shape index (κ3) is 4.68. The number of ether oxygens (including phenoxy) is 1. The summed E-state index contributed by atoms with van der Waals surface area (Å²) < 4.78 is 18.8. The molecule has 2 heterocycles. The predicted molar refractivity (Wildman–Crippen MR) is 112 cm³/mol. The lowest BCUT2D eigenvalue weighted by molar-refractivity contribution is -0.117. The number of rotatable bonds is 6. The number of amides is 2. The van der Waals surface area contributed by atoms with Crippen molar-refractivity contribution in [2.24, 2.45) is 0 Å². The van der Waals surface area contributed by atoms with Gasteiger partial charge in [0.1, 0.15) is 5.82 Å². The van der Waals surface area contributed by atoms with Crippen molar-refractivity contribution < 1.29 is 18.7 Å². The number of nitrogens with zero attached hydrogens (tertiary/aromatic N) is 2. The average molecular weight is 411 g/mol. The van der Waals surface area contributed by atoms with E-state index in [-0.39, 0.29) is 23.7 Å². The fraction of sp³-hybridized carbons (Fsp3) is 0.391. The maximum absolute atomic E-state index is 13.4. The number of hydrogen-bond acceptors (Lipinski definition) is 4. The van der Waals surface area contributed by atoms with Crippen molar-refractivity contribution in [2.75, 3.05) is 44.3 Å². The maximum atomic E-state index is 13.4. The van der Waals surface area contributed by atoms with Gasteiger partial charge in [-0.25, -0.2) is 4.39 Å². The Labute approximate surface area is 175 Å². The van der Waals surface area contributed by atoms with E-state index in [1.165, 1.54) is 12.1 Å².